The first-order chi connectivity index (χ1) is 8.14. The molecule has 2 rings (SSSR count). The minimum Gasteiger partial charge on any atom is -0.321 e. The first-order valence-corrected chi connectivity index (χ1v) is 6.83. The Morgan fingerprint density at radius 2 is 1.65 bits per heavy atom. The normalized spacial score (nSPS) is 20.9. The zero-order valence-electron chi connectivity index (χ0n) is 11.1. The number of aromatic nitrogens is 1. The molecule has 0 saturated heterocycles. The third-order valence-electron chi connectivity index (χ3n) is 4.20. The summed E-state index contributed by atoms with van der Waals surface area (Å²) in [4.78, 5) is 4.07. The molecule has 0 aromatic carbocycles. The van der Waals surface area contributed by atoms with Gasteiger partial charge in [0, 0.05) is 17.9 Å². The van der Waals surface area contributed by atoms with E-state index in [1.807, 2.05) is 12.4 Å². The molecule has 0 amide bonds. The van der Waals surface area contributed by atoms with Gasteiger partial charge in [-0.05, 0) is 48.8 Å². The Hall–Kier alpha value is -0.890. The van der Waals surface area contributed by atoms with Crippen molar-refractivity contribution in [3.05, 3.63) is 30.1 Å². The van der Waals surface area contributed by atoms with Gasteiger partial charge in [0.2, 0.25) is 0 Å². The second kappa shape index (κ2) is 4.77. The van der Waals surface area contributed by atoms with E-state index in [0.29, 0.717) is 5.41 Å². The van der Waals surface area contributed by atoms with E-state index >= 15 is 0 Å². The summed E-state index contributed by atoms with van der Waals surface area (Å²) in [6.45, 7) is 4.56. The van der Waals surface area contributed by atoms with E-state index < -0.39 is 0 Å². The number of hydrogen-bond acceptors (Lipinski definition) is 2. The molecule has 0 unspecified atom stereocenters. The second-order valence-corrected chi connectivity index (χ2v) is 5.75. The molecule has 0 atom stereocenters. The van der Waals surface area contributed by atoms with Crippen molar-refractivity contribution in [3.8, 4) is 0 Å². The van der Waals surface area contributed by atoms with E-state index in [0.717, 1.165) is 12.8 Å². The summed E-state index contributed by atoms with van der Waals surface area (Å²) in [5.74, 6) is 0. The summed E-state index contributed by atoms with van der Waals surface area (Å²) in [7, 11) is 0. The Balaban J connectivity index is 2.09. The number of rotatable bonds is 5. The van der Waals surface area contributed by atoms with Gasteiger partial charge in [-0.15, -0.1) is 0 Å². The highest BCUT2D eigenvalue weighted by molar-refractivity contribution is 5.27. The first kappa shape index (κ1) is 12.6. The van der Waals surface area contributed by atoms with Crippen molar-refractivity contribution in [1.82, 2.24) is 4.98 Å². The van der Waals surface area contributed by atoms with E-state index in [4.69, 9.17) is 5.73 Å². The maximum atomic E-state index is 6.53. The van der Waals surface area contributed by atoms with E-state index in [9.17, 15) is 0 Å². The van der Waals surface area contributed by atoms with Crippen LogP contribution in [0.2, 0.25) is 0 Å². The zero-order valence-corrected chi connectivity index (χ0v) is 11.1. The van der Waals surface area contributed by atoms with Gasteiger partial charge in [0.25, 0.3) is 0 Å². The molecule has 1 aromatic heterocycles. The van der Waals surface area contributed by atoms with Gasteiger partial charge >= 0.3 is 0 Å². The van der Waals surface area contributed by atoms with Crippen LogP contribution in [0.3, 0.4) is 0 Å². The predicted molar refractivity (Wildman–Crippen MR) is 71.6 cm³/mol. The van der Waals surface area contributed by atoms with Crippen LogP contribution in [0, 0.1) is 5.41 Å². The van der Waals surface area contributed by atoms with Crippen LogP contribution in [-0.4, -0.2) is 4.98 Å². The topological polar surface area (TPSA) is 38.9 Å². The van der Waals surface area contributed by atoms with Crippen LogP contribution in [0.1, 0.15) is 57.9 Å². The molecule has 0 radical (unpaired) electrons. The number of nitrogens with zero attached hydrogens (tertiary/aromatic N) is 1. The fourth-order valence-corrected chi connectivity index (χ4v) is 3.71. The van der Waals surface area contributed by atoms with E-state index in [2.05, 4.69) is 31.0 Å². The van der Waals surface area contributed by atoms with Crippen molar-refractivity contribution >= 4 is 0 Å². The number of hydrogen-bond donors (Lipinski definition) is 1. The third kappa shape index (κ3) is 2.37. The minimum atomic E-state index is -0.0900. The van der Waals surface area contributed by atoms with Crippen LogP contribution in [0.25, 0.3) is 0 Å². The summed E-state index contributed by atoms with van der Waals surface area (Å²) in [6.07, 6.45) is 11.2. The fourth-order valence-electron chi connectivity index (χ4n) is 3.71. The zero-order chi connectivity index (χ0) is 12.4. The summed E-state index contributed by atoms with van der Waals surface area (Å²) < 4.78 is 0. The first-order valence-electron chi connectivity index (χ1n) is 6.83. The summed E-state index contributed by atoms with van der Waals surface area (Å²) in [6, 6.07) is 4.14. The van der Waals surface area contributed by atoms with Gasteiger partial charge < -0.3 is 5.73 Å². The van der Waals surface area contributed by atoms with Gasteiger partial charge in [-0.2, -0.15) is 0 Å². The summed E-state index contributed by atoms with van der Waals surface area (Å²) >= 11 is 0. The Kier molecular flexibility index (Phi) is 3.53. The average Bonchev–Trinajstić information content (AvgIpc) is 2.29. The van der Waals surface area contributed by atoms with Crippen molar-refractivity contribution in [1.29, 1.82) is 0 Å². The molecule has 2 nitrogen and oxygen atoms in total. The third-order valence-corrected chi connectivity index (χ3v) is 4.20. The monoisotopic (exact) mass is 232 g/mol. The van der Waals surface area contributed by atoms with Crippen molar-refractivity contribution in [2.75, 3.05) is 0 Å². The van der Waals surface area contributed by atoms with E-state index in [1.54, 1.807) is 0 Å². The van der Waals surface area contributed by atoms with E-state index in [1.165, 1.54) is 31.2 Å². The predicted octanol–water partition coefficient (Wildman–Crippen LogP) is 3.62. The average molecular weight is 232 g/mol. The van der Waals surface area contributed by atoms with Crippen LogP contribution in [0.15, 0.2) is 24.5 Å². The smallest absolute Gasteiger partial charge is 0.0421 e. The standard InChI is InChI=1S/C15H24N2/c1-3-7-14(8-4-2)11-15(16,12-14)13-5-9-17-10-6-13/h5-6,9-10H,3-4,7-8,11-12,16H2,1-2H3. The highest BCUT2D eigenvalue weighted by Crippen LogP contribution is 2.57. The highest BCUT2D eigenvalue weighted by atomic mass is 14.8. The van der Waals surface area contributed by atoms with Gasteiger partial charge in [-0.25, -0.2) is 0 Å². The van der Waals surface area contributed by atoms with Crippen LogP contribution >= 0.6 is 0 Å². The lowest BCUT2D eigenvalue weighted by atomic mass is 9.52. The molecule has 1 heterocycles. The summed E-state index contributed by atoms with van der Waals surface area (Å²) in [5, 5.41) is 0. The Labute approximate surface area is 105 Å². The van der Waals surface area contributed by atoms with Crippen molar-refractivity contribution in [2.45, 2.75) is 57.9 Å². The van der Waals surface area contributed by atoms with Crippen LogP contribution in [-0.2, 0) is 5.54 Å². The lowest BCUT2D eigenvalue weighted by Crippen LogP contribution is -2.55. The molecular weight excluding hydrogens is 208 g/mol. The van der Waals surface area contributed by atoms with Crippen molar-refractivity contribution in [3.63, 3.8) is 0 Å². The number of pyridine rings is 1. The minimum absolute atomic E-state index is 0.0900. The van der Waals surface area contributed by atoms with Crippen LogP contribution in [0.4, 0.5) is 0 Å². The van der Waals surface area contributed by atoms with Gasteiger partial charge in [-0.1, -0.05) is 26.7 Å². The number of nitrogens with two attached hydrogens (primary N) is 1. The fraction of sp³-hybridized carbons (Fsp3) is 0.667. The molecule has 1 aromatic rings. The quantitative estimate of drug-likeness (QED) is 0.842. The van der Waals surface area contributed by atoms with Gasteiger partial charge in [0.1, 0.15) is 0 Å². The second-order valence-electron chi connectivity index (χ2n) is 5.75. The van der Waals surface area contributed by atoms with Gasteiger partial charge in [0.15, 0.2) is 0 Å². The summed E-state index contributed by atoms with van der Waals surface area (Å²) in [5.41, 5.74) is 8.22. The molecule has 17 heavy (non-hydrogen) atoms. The molecule has 2 heteroatoms. The van der Waals surface area contributed by atoms with Crippen molar-refractivity contribution in [2.24, 2.45) is 11.1 Å². The molecule has 94 valence electrons. The SMILES string of the molecule is CCCC1(CCC)CC(N)(c2ccncc2)C1. The Morgan fingerprint density at radius 1 is 1.12 bits per heavy atom. The molecule has 2 N–H and O–H groups in total. The molecule has 0 spiro atoms. The molecule has 0 aliphatic heterocycles. The largest absolute Gasteiger partial charge is 0.321 e. The Bertz CT molecular complexity index is 344. The lowest BCUT2D eigenvalue weighted by molar-refractivity contribution is 0.00618. The maximum Gasteiger partial charge on any atom is 0.0421 e. The Morgan fingerprint density at radius 3 is 2.12 bits per heavy atom. The van der Waals surface area contributed by atoms with Gasteiger partial charge in [0.05, 0.1) is 0 Å². The molecular formula is C15H24N2. The molecule has 1 aliphatic rings. The van der Waals surface area contributed by atoms with E-state index in [-0.39, 0.29) is 5.54 Å². The molecule has 1 saturated carbocycles. The molecule has 0 bridgehead atoms. The highest BCUT2D eigenvalue weighted by Gasteiger charge is 2.51. The molecule has 1 fully saturated rings. The molecule has 1 aliphatic carbocycles. The van der Waals surface area contributed by atoms with Crippen molar-refractivity contribution < 1.29 is 0 Å². The van der Waals surface area contributed by atoms with Crippen LogP contribution < -0.4 is 5.73 Å². The lowest BCUT2D eigenvalue weighted by Gasteiger charge is -2.55. The maximum absolute atomic E-state index is 6.53. The van der Waals surface area contributed by atoms with Crippen LogP contribution in [0.5, 0.6) is 0 Å². The van der Waals surface area contributed by atoms with Gasteiger partial charge in [-0.3, -0.25) is 4.98 Å².